The normalized spacial score (nSPS) is 14.6. The van der Waals surface area contributed by atoms with E-state index in [0.29, 0.717) is 6.42 Å². The molecule has 0 aromatic carbocycles. The number of carbonyl (C=O) groups excluding carboxylic acids is 2. The zero-order valence-electron chi connectivity index (χ0n) is 23.7. The highest BCUT2D eigenvalue weighted by Crippen LogP contribution is 2.43. The van der Waals surface area contributed by atoms with Crippen molar-refractivity contribution in [3.63, 3.8) is 0 Å². The number of esters is 2. The van der Waals surface area contributed by atoms with Gasteiger partial charge in [0.1, 0.15) is 12.7 Å². The highest BCUT2D eigenvalue weighted by atomic mass is 31.2. The van der Waals surface area contributed by atoms with Crippen LogP contribution in [0.4, 0.5) is 0 Å². The second kappa shape index (κ2) is 25.0. The van der Waals surface area contributed by atoms with E-state index < -0.39 is 51.8 Å². The van der Waals surface area contributed by atoms with Crippen LogP contribution < -0.4 is 0 Å². The van der Waals surface area contributed by atoms with Crippen molar-refractivity contribution in [2.24, 2.45) is 0 Å². The number of phosphoric ester groups is 1. The smallest absolute Gasteiger partial charge is 0.462 e. The minimum absolute atomic E-state index is 0.243. The molecule has 11 heteroatoms. The molecule has 0 fully saturated rings. The zero-order chi connectivity index (χ0) is 28.5. The Morgan fingerprint density at radius 3 is 1.63 bits per heavy atom. The molecule has 0 bridgehead atoms. The number of carbonyl (C=O) groups is 2. The molecule has 0 saturated carbocycles. The van der Waals surface area contributed by atoms with Crippen molar-refractivity contribution in [3.05, 3.63) is 0 Å². The Balaban J connectivity index is 3.80. The van der Waals surface area contributed by atoms with Crippen molar-refractivity contribution in [2.45, 2.75) is 135 Å². The van der Waals surface area contributed by atoms with E-state index >= 15 is 0 Å². The molecule has 38 heavy (non-hydrogen) atoms. The largest absolute Gasteiger partial charge is 0.472 e. The van der Waals surface area contributed by atoms with Gasteiger partial charge in [0, 0.05) is 13.3 Å². The van der Waals surface area contributed by atoms with Crippen LogP contribution in [0.25, 0.3) is 0 Å². The van der Waals surface area contributed by atoms with Gasteiger partial charge < -0.3 is 24.6 Å². The van der Waals surface area contributed by atoms with Crippen LogP contribution in [0.3, 0.4) is 0 Å². The molecule has 3 N–H and O–H groups in total. The highest BCUT2D eigenvalue weighted by molar-refractivity contribution is 7.47. The number of hydrogen-bond acceptors (Lipinski definition) is 9. The Hall–Kier alpha value is -1.03. The van der Waals surface area contributed by atoms with E-state index in [9.17, 15) is 24.2 Å². The third-order valence-electron chi connectivity index (χ3n) is 6.06. The van der Waals surface area contributed by atoms with Crippen LogP contribution in [0.2, 0.25) is 0 Å². The standard InChI is InChI=1S/C27H53O10P/c1-3-4-5-6-7-8-9-10-11-12-13-14-15-16-17-18-19-27(31)34-22-26(37-24(2)29)23-36-38(32,33)35-21-25(30)20-28/h25-26,28,30H,3-23H2,1-2H3,(H,32,33)/t25-,26+/m0/s1. The van der Waals surface area contributed by atoms with E-state index in [2.05, 4.69) is 11.4 Å². The predicted octanol–water partition coefficient (Wildman–Crippen LogP) is 5.60. The van der Waals surface area contributed by atoms with Crippen molar-refractivity contribution in [2.75, 3.05) is 26.4 Å². The average molecular weight is 569 g/mol. The molecule has 226 valence electrons. The molecule has 0 rings (SSSR count). The Morgan fingerprint density at radius 1 is 0.737 bits per heavy atom. The number of phosphoric acid groups is 1. The molecule has 0 aliphatic rings. The Kier molecular flexibility index (Phi) is 24.3. The van der Waals surface area contributed by atoms with Gasteiger partial charge in [-0.3, -0.25) is 18.6 Å². The van der Waals surface area contributed by atoms with E-state index in [4.69, 9.17) is 19.1 Å². The van der Waals surface area contributed by atoms with Crippen molar-refractivity contribution in [1.29, 1.82) is 0 Å². The maximum atomic E-state index is 12.0. The minimum atomic E-state index is -4.55. The topological polar surface area (TPSA) is 149 Å². The first-order chi connectivity index (χ1) is 18.2. The van der Waals surface area contributed by atoms with E-state index in [1.807, 2.05) is 0 Å². The fourth-order valence-corrected chi connectivity index (χ4v) is 4.66. The van der Waals surface area contributed by atoms with Gasteiger partial charge in [-0.2, -0.15) is 0 Å². The lowest BCUT2D eigenvalue weighted by atomic mass is 10.0. The first kappa shape index (κ1) is 37.0. The Labute approximate surface area is 229 Å². The van der Waals surface area contributed by atoms with Gasteiger partial charge in [0.15, 0.2) is 6.10 Å². The van der Waals surface area contributed by atoms with Crippen LogP contribution in [-0.2, 0) is 32.7 Å². The number of unbranched alkanes of at least 4 members (excludes halogenated alkanes) is 15. The molecule has 0 saturated heterocycles. The number of ether oxygens (including phenoxy) is 2. The van der Waals surface area contributed by atoms with E-state index in [1.165, 1.54) is 77.0 Å². The second-order valence-corrected chi connectivity index (χ2v) is 11.3. The monoisotopic (exact) mass is 568 g/mol. The molecule has 0 aliphatic carbocycles. The summed E-state index contributed by atoms with van der Waals surface area (Å²) in [5.74, 6) is -1.11. The first-order valence-corrected chi connectivity index (χ1v) is 15.9. The van der Waals surface area contributed by atoms with Crippen LogP contribution in [0, 0.1) is 0 Å². The van der Waals surface area contributed by atoms with Crippen LogP contribution in [0.1, 0.15) is 123 Å². The van der Waals surface area contributed by atoms with Gasteiger partial charge in [0.2, 0.25) is 0 Å². The number of hydrogen-bond donors (Lipinski definition) is 3. The maximum absolute atomic E-state index is 12.0. The molecule has 0 aromatic rings. The summed E-state index contributed by atoms with van der Waals surface area (Å²) in [4.78, 5) is 32.9. The molecule has 10 nitrogen and oxygen atoms in total. The summed E-state index contributed by atoms with van der Waals surface area (Å²) >= 11 is 0. The molecule has 3 atom stereocenters. The molecule has 0 radical (unpaired) electrons. The maximum Gasteiger partial charge on any atom is 0.472 e. The van der Waals surface area contributed by atoms with Gasteiger partial charge in [0.25, 0.3) is 0 Å². The number of aliphatic hydroxyl groups is 2. The molecular weight excluding hydrogens is 515 g/mol. The van der Waals surface area contributed by atoms with Crippen molar-refractivity contribution in [1.82, 2.24) is 0 Å². The summed E-state index contributed by atoms with van der Waals surface area (Å²) in [5, 5.41) is 17.9. The van der Waals surface area contributed by atoms with Gasteiger partial charge in [-0.25, -0.2) is 4.57 Å². The molecule has 0 spiro atoms. The van der Waals surface area contributed by atoms with Gasteiger partial charge in [-0.15, -0.1) is 0 Å². The Morgan fingerprint density at radius 2 is 1.18 bits per heavy atom. The van der Waals surface area contributed by atoms with Crippen LogP contribution >= 0.6 is 7.82 Å². The van der Waals surface area contributed by atoms with Gasteiger partial charge in [-0.1, -0.05) is 103 Å². The summed E-state index contributed by atoms with van der Waals surface area (Å²) in [7, 11) is -4.55. The van der Waals surface area contributed by atoms with Crippen molar-refractivity contribution < 1.29 is 47.8 Å². The third-order valence-corrected chi connectivity index (χ3v) is 7.01. The van der Waals surface area contributed by atoms with Crippen LogP contribution in [0.15, 0.2) is 0 Å². The quantitative estimate of drug-likeness (QED) is 0.0649. The van der Waals surface area contributed by atoms with Gasteiger partial charge >= 0.3 is 19.8 Å². The lowest BCUT2D eigenvalue weighted by Gasteiger charge is -2.19. The predicted molar refractivity (Wildman–Crippen MR) is 145 cm³/mol. The number of rotatable bonds is 27. The molecule has 0 amide bonds. The van der Waals surface area contributed by atoms with Gasteiger partial charge in [0.05, 0.1) is 19.8 Å². The lowest BCUT2D eigenvalue weighted by Crippen LogP contribution is -2.29. The van der Waals surface area contributed by atoms with Crippen molar-refractivity contribution in [3.8, 4) is 0 Å². The molecule has 0 aliphatic heterocycles. The third kappa shape index (κ3) is 25.3. The van der Waals surface area contributed by atoms with E-state index in [1.54, 1.807) is 0 Å². The fraction of sp³-hybridized carbons (Fsp3) is 0.926. The lowest BCUT2D eigenvalue weighted by molar-refractivity contribution is -0.159. The molecular formula is C27H53O10P. The molecule has 0 aromatic heterocycles. The van der Waals surface area contributed by atoms with Gasteiger partial charge in [-0.05, 0) is 6.42 Å². The zero-order valence-corrected chi connectivity index (χ0v) is 24.5. The van der Waals surface area contributed by atoms with Crippen molar-refractivity contribution >= 4 is 19.8 Å². The summed E-state index contributed by atoms with van der Waals surface area (Å²) in [6, 6.07) is 0. The fourth-order valence-electron chi connectivity index (χ4n) is 3.87. The highest BCUT2D eigenvalue weighted by Gasteiger charge is 2.26. The number of aliphatic hydroxyl groups excluding tert-OH is 2. The second-order valence-electron chi connectivity index (χ2n) is 9.86. The summed E-state index contributed by atoms with van der Waals surface area (Å²) in [6.45, 7) is 1.27. The van der Waals surface area contributed by atoms with Crippen LogP contribution in [-0.4, -0.2) is 65.7 Å². The Bertz CT molecular complexity index is 631. The molecule has 0 heterocycles. The average Bonchev–Trinajstić information content (AvgIpc) is 2.88. The van der Waals surface area contributed by atoms with E-state index in [0.717, 1.165) is 26.2 Å². The summed E-state index contributed by atoms with van der Waals surface area (Å²) in [5.41, 5.74) is 0. The van der Waals surface area contributed by atoms with Crippen LogP contribution in [0.5, 0.6) is 0 Å². The first-order valence-electron chi connectivity index (χ1n) is 14.4. The summed E-state index contributed by atoms with van der Waals surface area (Å²) in [6.07, 6.45) is 17.8. The minimum Gasteiger partial charge on any atom is -0.462 e. The SMILES string of the molecule is CCCCCCCCCCCCCCCCCCC(=O)OC[C@H](COP(=O)(O)OC[C@@H](O)CO)OC(C)=O. The van der Waals surface area contributed by atoms with E-state index in [-0.39, 0.29) is 13.0 Å². The summed E-state index contributed by atoms with van der Waals surface area (Å²) < 4.78 is 31.2. The molecule has 1 unspecified atom stereocenters.